The van der Waals surface area contributed by atoms with E-state index in [0.717, 1.165) is 30.0 Å². The molecule has 1 heterocycles. The zero-order valence-corrected chi connectivity index (χ0v) is 15.7. The molecule has 0 radical (unpaired) electrons. The molecule has 0 atom stereocenters. The van der Waals surface area contributed by atoms with E-state index in [1.807, 2.05) is 0 Å². The van der Waals surface area contributed by atoms with E-state index in [-0.39, 0.29) is 27.2 Å². The summed E-state index contributed by atoms with van der Waals surface area (Å²) in [6.07, 6.45) is -3.01. The largest absolute Gasteiger partial charge is 0.493 e. The molecule has 5 nitrogen and oxygen atoms in total. The number of carbonyl (C=O) groups excluding carboxylic acids is 2. The quantitative estimate of drug-likeness (QED) is 0.652. The van der Waals surface area contributed by atoms with Crippen LogP contribution < -0.4 is 14.8 Å². The van der Waals surface area contributed by atoms with Crippen molar-refractivity contribution in [1.82, 2.24) is 5.32 Å². The number of methoxy groups -OCH3 is 1. The first-order chi connectivity index (χ1) is 13.2. The molecule has 2 amide bonds. The molecule has 0 aliphatic carbocycles. The summed E-state index contributed by atoms with van der Waals surface area (Å²) in [5, 5.41) is 1.48. The number of ether oxygens (including phenoxy) is 2. The number of imide groups is 1. The van der Waals surface area contributed by atoms with E-state index < -0.39 is 22.9 Å². The van der Waals surface area contributed by atoms with E-state index in [1.165, 1.54) is 19.3 Å². The van der Waals surface area contributed by atoms with Gasteiger partial charge >= 0.3 is 6.18 Å². The van der Waals surface area contributed by atoms with Gasteiger partial charge < -0.3 is 9.47 Å². The third kappa shape index (κ3) is 4.42. The van der Waals surface area contributed by atoms with Crippen molar-refractivity contribution in [1.29, 1.82) is 0 Å². The monoisotopic (exact) mass is 429 g/mol. The standard InChI is InChI=1S/C18H11ClF3NO4S/c1-26-14-6-9(7-15-16(24)23-17(25)28-15)2-4-13(14)27-12-5-3-10(8-11(12)19)18(20,21)22/h2-8H,1H3,(H,23,24,25)/b15-7-. The summed E-state index contributed by atoms with van der Waals surface area (Å²) in [5.74, 6) is 0.00665. The SMILES string of the molecule is COc1cc(/C=C2\SC(=O)NC2=O)ccc1Oc1ccc(C(F)(F)F)cc1Cl. The van der Waals surface area contributed by atoms with E-state index >= 15 is 0 Å². The van der Waals surface area contributed by atoms with Gasteiger partial charge in [0, 0.05) is 0 Å². The van der Waals surface area contributed by atoms with Gasteiger partial charge in [0.25, 0.3) is 11.1 Å². The number of hydrogen-bond donors (Lipinski definition) is 1. The molecule has 3 rings (SSSR count). The summed E-state index contributed by atoms with van der Waals surface area (Å²) in [6.45, 7) is 0. The van der Waals surface area contributed by atoms with Crippen LogP contribution in [0.3, 0.4) is 0 Å². The Balaban J connectivity index is 1.87. The van der Waals surface area contributed by atoms with Gasteiger partial charge in [0.15, 0.2) is 11.5 Å². The molecule has 2 aromatic carbocycles. The van der Waals surface area contributed by atoms with E-state index in [1.54, 1.807) is 12.1 Å². The Kier molecular flexibility index (Phi) is 5.57. The van der Waals surface area contributed by atoms with Crippen molar-refractivity contribution in [3.8, 4) is 17.2 Å². The lowest BCUT2D eigenvalue weighted by Crippen LogP contribution is -2.17. The molecule has 0 saturated carbocycles. The first kappa shape index (κ1) is 20.1. The first-order valence-electron chi connectivity index (χ1n) is 7.65. The topological polar surface area (TPSA) is 64.6 Å². The third-order valence-corrected chi connectivity index (χ3v) is 4.71. The summed E-state index contributed by atoms with van der Waals surface area (Å²) in [6, 6.07) is 7.41. The highest BCUT2D eigenvalue weighted by Gasteiger charge is 2.31. The molecule has 1 N–H and O–H groups in total. The highest BCUT2D eigenvalue weighted by atomic mass is 35.5. The summed E-state index contributed by atoms with van der Waals surface area (Å²) in [4.78, 5) is 23.1. The molecule has 28 heavy (non-hydrogen) atoms. The minimum atomic E-state index is -4.51. The fourth-order valence-corrected chi connectivity index (χ4v) is 3.21. The second kappa shape index (κ2) is 7.76. The van der Waals surface area contributed by atoms with Gasteiger partial charge in [-0.05, 0) is 53.7 Å². The van der Waals surface area contributed by atoms with Gasteiger partial charge in [0.2, 0.25) is 0 Å². The molecule has 1 aliphatic rings. The minimum Gasteiger partial charge on any atom is -0.493 e. The van der Waals surface area contributed by atoms with Crippen molar-refractivity contribution in [3.05, 3.63) is 57.5 Å². The molecule has 1 fully saturated rings. The van der Waals surface area contributed by atoms with Crippen LogP contribution in [-0.2, 0) is 11.0 Å². The summed E-state index contributed by atoms with van der Waals surface area (Å²) < 4.78 is 49.0. The average molecular weight is 430 g/mol. The molecular formula is C18H11ClF3NO4S. The number of benzene rings is 2. The van der Waals surface area contributed by atoms with Crippen LogP contribution in [0.2, 0.25) is 5.02 Å². The maximum Gasteiger partial charge on any atom is 0.416 e. The van der Waals surface area contributed by atoms with Gasteiger partial charge in [-0.1, -0.05) is 17.7 Å². The Hall–Kier alpha value is -2.65. The minimum absolute atomic E-state index is 0.0235. The van der Waals surface area contributed by atoms with Crippen molar-refractivity contribution < 1.29 is 32.2 Å². The number of halogens is 4. The molecular weight excluding hydrogens is 419 g/mol. The maximum atomic E-state index is 12.7. The van der Waals surface area contributed by atoms with Crippen LogP contribution >= 0.6 is 23.4 Å². The lowest BCUT2D eigenvalue weighted by atomic mass is 10.1. The summed E-state index contributed by atoms with van der Waals surface area (Å²) in [7, 11) is 1.38. The smallest absolute Gasteiger partial charge is 0.416 e. The molecule has 1 aliphatic heterocycles. The van der Waals surface area contributed by atoms with Gasteiger partial charge in [0.1, 0.15) is 5.75 Å². The Bertz CT molecular complexity index is 991. The van der Waals surface area contributed by atoms with Crippen molar-refractivity contribution >= 4 is 40.6 Å². The van der Waals surface area contributed by atoms with Gasteiger partial charge in [-0.2, -0.15) is 13.2 Å². The van der Waals surface area contributed by atoms with E-state index in [2.05, 4.69) is 5.32 Å². The van der Waals surface area contributed by atoms with Gasteiger partial charge in [-0.15, -0.1) is 0 Å². The third-order valence-electron chi connectivity index (χ3n) is 3.61. The van der Waals surface area contributed by atoms with Crippen molar-refractivity contribution in [3.63, 3.8) is 0 Å². The fourth-order valence-electron chi connectivity index (χ4n) is 2.31. The van der Waals surface area contributed by atoms with Crippen LogP contribution in [0.1, 0.15) is 11.1 Å². The second-order valence-electron chi connectivity index (χ2n) is 5.51. The summed E-state index contributed by atoms with van der Waals surface area (Å²) >= 11 is 6.67. The number of amides is 2. The van der Waals surface area contributed by atoms with Crippen molar-refractivity contribution in [2.75, 3.05) is 7.11 Å². The number of alkyl halides is 3. The van der Waals surface area contributed by atoms with Gasteiger partial charge in [-0.3, -0.25) is 14.9 Å². The number of thioether (sulfide) groups is 1. The zero-order chi connectivity index (χ0) is 20.5. The Morgan fingerprint density at radius 2 is 1.79 bits per heavy atom. The van der Waals surface area contributed by atoms with Crippen LogP contribution in [0.4, 0.5) is 18.0 Å². The van der Waals surface area contributed by atoms with E-state index in [0.29, 0.717) is 5.56 Å². The highest BCUT2D eigenvalue weighted by Crippen LogP contribution is 2.39. The van der Waals surface area contributed by atoms with Gasteiger partial charge in [0.05, 0.1) is 22.6 Å². The van der Waals surface area contributed by atoms with Crippen LogP contribution in [0.15, 0.2) is 41.3 Å². The molecule has 0 unspecified atom stereocenters. The fraction of sp³-hybridized carbons (Fsp3) is 0.111. The Morgan fingerprint density at radius 1 is 1.07 bits per heavy atom. The number of nitrogens with one attached hydrogen (secondary N) is 1. The van der Waals surface area contributed by atoms with Crippen LogP contribution in [0.25, 0.3) is 6.08 Å². The number of carbonyl (C=O) groups is 2. The van der Waals surface area contributed by atoms with Crippen LogP contribution in [0.5, 0.6) is 17.2 Å². The predicted molar refractivity (Wildman–Crippen MR) is 98.6 cm³/mol. The van der Waals surface area contributed by atoms with Gasteiger partial charge in [-0.25, -0.2) is 0 Å². The normalized spacial score (nSPS) is 15.7. The van der Waals surface area contributed by atoms with Crippen molar-refractivity contribution in [2.45, 2.75) is 6.18 Å². The second-order valence-corrected chi connectivity index (χ2v) is 6.93. The molecule has 2 aromatic rings. The maximum absolute atomic E-state index is 12.7. The lowest BCUT2D eigenvalue weighted by Gasteiger charge is -2.13. The molecule has 146 valence electrons. The molecule has 0 aromatic heterocycles. The summed E-state index contributed by atoms with van der Waals surface area (Å²) in [5.41, 5.74) is -0.323. The zero-order valence-electron chi connectivity index (χ0n) is 14.1. The molecule has 1 saturated heterocycles. The van der Waals surface area contributed by atoms with Crippen molar-refractivity contribution in [2.24, 2.45) is 0 Å². The number of rotatable bonds is 4. The Labute approximate surface area is 166 Å². The van der Waals surface area contributed by atoms with E-state index in [4.69, 9.17) is 21.1 Å². The molecule has 10 heteroatoms. The van der Waals surface area contributed by atoms with Crippen LogP contribution in [0, 0.1) is 0 Å². The average Bonchev–Trinajstić information content (AvgIpc) is 2.94. The molecule has 0 bridgehead atoms. The number of hydrogen-bond acceptors (Lipinski definition) is 5. The lowest BCUT2D eigenvalue weighted by molar-refractivity contribution is -0.137. The van der Waals surface area contributed by atoms with Crippen LogP contribution in [-0.4, -0.2) is 18.3 Å². The van der Waals surface area contributed by atoms with E-state index in [9.17, 15) is 22.8 Å². The first-order valence-corrected chi connectivity index (χ1v) is 8.84. The highest BCUT2D eigenvalue weighted by molar-refractivity contribution is 8.18. The predicted octanol–water partition coefficient (Wildman–Crippen LogP) is 5.48. The molecule has 0 spiro atoms. The Morgan fingerprint density at radius 3 is 2.36 bits per heavy atom.